The Kier molecular flexibility index (Phi) is 5.35. The van der Waals surface area contributed by atoms with Crippen LogP contribution in [-0.4, -0.2) is 40.1 Å². The maximum Gasteiger partial charge on any atom is 0.242 e. The first-order valence-electron chi connectivity index (χ1n) is 8.05. The highest BCUT2D eigenvalue weighted by molar-refractivity contribution is 8.00. The molecule has 6 nitrogen and oxygen atoms in total. The lowest BCUT2D eigenvalue weighted by Gasteiger charge is -2.13. The summed E-state index contributed by atoms with van der Waals surface area (Å²) in [7, 11) is 0. The molecular formula is C16H20N4O2S2. The van der Waals surface area contributed by atoms with Gasteiger partial charge in [0.1, 0.15) is 22.2 Å². The van der Waals surface area contributed by atoms with Crippen molar-refractivity contribution < 1.29 is 9.59 Å². The summed E-state index contributed by atoms with van der Waals surface area (Å²) < 4.78 is 0. The summed E-state index contributed by atoms with van der Waals surface area (Å²) in [5, 5.41) is 7.39. The Bertz CT molecular complexity index is 775. The van der Waals surface area contributed by atoms with Crippen molar-refractivity contribution in [3.63, 3.8) is 0 Å². The third-order valence-corrected chi connectivity index (χ3v) is 6.12. The summed E-state index contributed by atoms with van der Waals surface area (Å²) in [4.78, 5) is 34.9. The Balaban J connectivity index is 1.66. The van der Waals surface area contributed by atoms with E-state index in [9.17, 15) is 9.59 Å². The number of fused-ring (bicyclic) bond motifs is 3. The zero-order valence-corrected chi connectivity index (χ0v) is 15.4. The first-order chi connectivity index (χ1) is 11.6. The summed E-state index contributed by atoms with van der Waals surface area (Å²) in [6.07, 6.45) is 4.92. The van der Waals surface area contributed by atoms with E-state index >= 15 is 0 Å². The minimum Gasteiger partial charge on any atom is -0.355 e. The number of carbonyl (C=O) groups is 2. The van der Waals surface area contributed by atoms with Gasteiger partial charge in [-0.3, -0.25) is 9.59 Å². The van der Waals surface area contributed by atoms with E-state index in [1.165, 1.54) is 28.6 Å². The number of carbonyl (C=O) groups excluding carboxylic acids is 2. The van der Waals surface area contributed by atoms with Gasteiger partial charge in [-0.2, -0.15) is 0 Å². The highest BCUT2D eigenvalue weighted by Gasteiger charge is 2.22. The van der Waals surface area contributed by atoms with Crippen LogP contribution in [0.5, 0.6) is 0 Å². The van der Waals surface area contributed by atoms with Crippen LogP contribution in [0.25, 0.3) is 10.2 Å². The maximum absolute atomic E-state index is 12.1. The average Bonchev–Trinajstić information content (AvgIpc) is 3.13. The SMILES string of the molecule is CCNC(=O)[C@H](C)NC(=O)CSc1ncnc2sc3c(c12)CCC3. The van der Waals surface area contributed by atoms with Crippen molar-refractivity contribution in [2.75, 3.05) is 12.3 Å². The lowest BCUT2D eigenvalue weighted by molar-refractivity contribution is -0.127. The number of hydrogen-bond donors (Lipinski definition) is 2. The monoisotopic (exact) mass is 364 g/mol. The molecule has 0 saturated carbocycles. The number of likely N-dealkylation sites (N-methyl/N-ethyl adjacent to an activating group) is 1. The fourth-order valence-corrected chi connectivity index (χ4v) is 4.95. The average molecular weight is 364 g/mol. The van der Waals surface area contributed by atoms with E-state index in [-0.39, 0.29) is 17.6 Å². The number of rotatable bonds is 6. The van der Waals surface area contributed by atoms with Crippen LogP contribution in [0, 0.1) is 0 Å². The van der Waals surface area contributed by atoms with Crippen molar-refractivity contribution in [3.05, 3.63) is 16.8 Å². The first-order valence-corrected chi connectivity index (χ1v) is 9.85. The number of nitrogens with one attached hydrogen (secondary N) is 2. The normalized spacial score (nSPS) is 14.4. The fourth-order valence-electron chi connectivity index (χ4n) is 2.82. The molecule has 0 saturated heterocycles. The third kappa shape index (κ3) is 3.54. The standard InChI is InChI=1S/C16H20N4O2S2/c1-3-17-14(22)9(2)20-12(21)7-23-15-13-10-5-4-6-11(10)24-16(13)19-8-18-15/h8-9H,3-7H2,1-2H3,(H,17,22)(H,20,21)/t9-/m0/s1. The molecular weight excluding hydrogens is 344 g/mol. The smallest absolute Gasteiger partial charge is 0.242 e. The Labute approximate surface area is 148 Å². The van der Waals surface area contributed by atoms with E-state index in [1.54, 1.807) is 24.6 Å². The summed E-state index contributed by atoms with van der Waals surface area (Å²) in [6, 6.07) is -0.533. The number of nitrogens with zero attached hydrogens (tertiary/aromatic N) is 2. The Morgan fingerprint density at radius 1 is 1.38 bits per heavy atom. The Hall–Kier alpha value is -1.67. The molecule has 2 aromatic heterocycles. The molecule has 2 amide bonds. The van der Waals surface area contributed by atoms with Crippen molar-refractivity contribution >= 4 is 45.1 Å². The van der Waals surface area contributed by atoms with Crippen LogP contribution < -0.4 is 10.6 Å². The predicted molar refractivity (Wildman–Crippen MR) is 96.5 cm³/mol. The molecule has 1 atom stereocenters. The largest absolute Gasteiger partial charge is 0.355 e. The number of thiophene rings is 1. The van der Waals surface area contributed by atoms with Crippen molar-refractivity contribution in [1.29, 1.82) is 0 Å². The second kappa shape index (κ2) is 7.48. The molecule has 0 bridgehead atoms. The van der Waals surface area contributed by atoms with Gasteiger partial charge in [0.25, 0.3) is 0 Å². The zero-order valence-electron chi connectivity index (χ0n) is 13.7. The van der Waals surface area contributed by atoms with E-state index in [2.05, 4.69) is 20.6 Å². The van der Waals surface area contributed by atoms with Gasteiger partial charge >= 0.3 is 0 Å². The summed E-state index contributed by atoms with van der Waals surface area (Å²) in [6.45, 7) is 4.08. The number of amides is 2. The van der Waals surface area contributed by atoms with Gasteiger partial charge < -0.3 is 10.6 Å². The van der Waals surface area contributed by atoms with E-state index in [0.717, 1.165) is 28.1 Å². The van der Waals surface area contributed by atoms with Gasteiger partial charge in [0.15, 0.2) is 0 Å². The molecule has 0 unspecified atom stereocenters. The maximum atomic E-state index is 12.1. The molecule has 0 spiro atoms. The summed E-state index contributed by atoms with van der Waals surface area (Å²) >= 11 is 3.14. The quantitative estimate of drug-likeness (QED) is 0.604. The number of hydrogen-bond acceptors (Lipinski definition) is 6. The third-order valence-electron chi connectivity index (χ3n) is 3.93. The predicted octanol–water partition coefficient (Wildman–Crippen LogP) is 1.91. The fraction of sp³-hybridized carbons (Fsp3) is 0.500. The van der Waals surface area contributed by atoms with Gasteiger partial charge in [0, 0.05) is 16.8 Å². The molecule has 2 N–H and O–H groups in total. The molecule has 128 valence electrons. The van der Waals surface area contributed by atoms with Crippen LogP contribution in [0.3, 0.4) is 0 Å². The van der Waals surface area contributed by atoms with Gasteiger partial charge in [-0.15, -0.1) is 11.3 Å². The second-order valence-electron chi connectivity index (χ2n) is 5.69. The van der Waals surface area contributed by atoms with Crippen LogP contribution >= 0.6 is 23.1 Å². The minimum absolute atomic E-state index is 0.169. The molecule has 8 heteroatoms. The van der Waals surface area contributed by atoms with Crippen molar-refractivity contribution in [1.82, 2.24) is 20.6 Å². The molecule has 1 aliphatic carbocycles. The van der Waals surface area contributed by atoms with Crippen LogP contribution in [0.2, 0.25) is 0 Å². The highest BCUT2D eigenvalue weighted by Crippen LogP contribution is 2.39. The lowest BCUT2D eigenvalue weighted by Crippen LogP contribution is -2.45. The molecule has 0 aliphatic heterocycles. The number of thioether (sulfide) groups is 1. The van der Waals surface area contributed by atoms with Gasteiger partial charge in [-0.25, -0.2) is 9.97 Å². The molecule has 0 fully saturated rings. The Morgan fingerprint density at radius 2 is 2.21 bits per heavy atom. The molecule has 0 aromatic carbocycles. The van der Waals surface area contributed by atoms with Crippen LogP contribution in [0.1, 0.15) is 30.7 Å². The van der Waals surface area contributed by atoms with Gasteiger partial charge in [0.2, 0.25) is 11.8 Å². The van der Waals surface area contributed by atoms with Crippen molar-refractivity contribution in [3.8, 4) is 0 Å². The Morgan fingerprint density at radius 3 is 3.00 bits per heavy atom. The van der Waals surface area contributed by atoms with E-state index in [4.69, 9.17) is 0 Å². The van der Waals surface area contributed by atoms with E-state index in [0.29, 0.717) is 6.54 Å². The van der Waals surface area contributed by atoms with Gasteiger partial charge in [-0.05, 0) is 38.7 Å². The van der Waals surface area contributed by atoms with Crippen LogP contribution in [-0.2, 0) is 22.4 Å². The summed E-state index contributed by atoms with van der Waals surface area (Å²) in [5.41, 5.74) is 1.36. The van der Waals surface area contributed by atoms with Gasteiger partial charge in [0.05, 0.1) is 5.75 Å². The second-order valence-corrected chi connectivity index (χ2v) is 7.74. The van der Waals surface area contributed by atoms with Crippen LogP contribution in [0.15, 0.2) is 11.4 Å². The molecule has 24 heavy (non-hydrogen) atoms. The van der Waals surface area contributed by atoms with Gasteiger partial charge in [-0.1, -0.05) is 11.8 Å². The molecule has 2 aromatic rings. The van der Waals surface area contributed by atoms with E-state index < -0.39 is 6.04 Å². The zero-order chi connectivity index (χ0) is 17.1. The molecule has 1 aliphatic rings. The highest BCUT2D eigenvalue weighted by atomic mass is 32.2. The number of aromatic nitrogens is 2. The van der Waals surface area contributed by atoms with Crippen molar-refractivity contribution in [2.45, 2.75) is 44.2 Å². The van der Waals surface area contributed by atoms with E-state index in [1.807, 2.05) is 6.92 Å². The topological polar surface area (TPSA) is 84.0 Å². The summed E-state index contributed by atoms with van der Waals surface area (Å²) in [5.74, 6) is -0.103. The first kappa shape index (κ1) is 17.2. The van der Waals surface area contributed by atoms with Crippen LogP contribution in [0.4, 0.5) is 0 Å². The molecule has 3 rings (SSSR count). The molecule has 2 heterocycles. The number of aryl methyl sites for hydroxylation is 2. The molecule has 0 radical (unpaired) electrons. The van der Waals surface area contributed by atoms with Crippen molar-refractivity contribution in [2.24, 2.45) is 0 Å². The minimum atomic E-state index is -0.533. The lowest BCUT2D eigenvalue weighted by atomic mass is 10.2.